The first kappa shape index (κ1) is 9.91. The minimum atomic E-state index is -0.170. The van der Waals surface area contributed by atoms with Crippen LogP contribution in [0.1, 0.15) is 0 Å². The summed E-state index contributed by atoms with van der Waals surface area (Å²) in [7, 11) is 0. The number of nitrogens with one attached hydrogen (secondary N) is 3. The zero-order chi connectivity index (χ0) is 9.52. The summed E-state index contributed by atoms with van der Waals surface area (Å²) in [4.78, 5) is 0. The molecule has 0 bridgehead atoms. The van der Waals surface area contributed by atoms with Crippen molar-refractivity contribution in [3.63, 3.8) is 0 Å². The van der Waals surface area contributed by atoms with Gasteiger partial charge in [-0.05, 0) is 24.4 Å². The lowest BCUT2D eigenvalue weighted by molar-refractivity contribution is 0.252. The summed E-state index contributed by atoms with van der Waals surface area (Å²) < 4.78 is 0. The molecule has 0 saturated heterocycles. The molecule has 0 heterocycles. The van der Waals surface area contributed by atoms with Crippen LogP contribution in [0, 0.1) is 0 Å². The molecule has 0 fully saturated rings. The summed E-state index contributed by atoms with van der Waals surface area (Å²) in [6, 6.07) is 9.53. The lowest BCUT2D eigenvalue weighted by atomic mass is 10.3. The van der Waals surface area contributed by atoms with Gasteiger partial charge in [0.1, 0.15) is 6.73 Å². The van der Waals surface area contributed by atoms with E-state index < -0.39 is 0 Å². The van der Waals surface area contributed by atoms with Crippen molar-refractivity contribution >= 4 is 23.0 Å². The maximum absolute atomic E-state index is 8.42. The molecule has 4 nitrogen and oxygen atoms in total. The molecule has 0 aromatic heterocycles. The fraction of sp³-hybridized carbons (Fsp3) is 0.125. The summed E-state index contributed by atoms with van der Waals surface area (Å²) in [5.74, 6) is 0. The normalized spacial score (nSPS) is 9.31. The van der Waals surface area contributed by atoms with Crippen LogP contribution in [-0.2, 0) is 0 Å². The van der Waals surface area contributed by atoms with Gasteiger partial charge in [-0.3, -0.25) is 5.43 Å². The molecule has 1 rings (SSSR count). The second-order valence-electron chi connectivity index (χ2n) is 2.28. The van der Waals surface area contributed by atoms with Crippen molar-refractivity contribution in [3.8, 4) is 0 Å². The molecule has 0 atom stereocenters. The van der Waals surface area contributed by atoms with E-state index in [1.807, 2.05) is 30.3 Å². The maximum Gasteiger partial charge on any atom is 0.185 e. The van der Waals surface area contributed by atoms with Crippen LogP contribution >= 0.6 is 12.2 Å². The number of hydrazine groups is 1. The predicted molar refractivity (Wildman–Crippen MR) is 56.0 cm³/mol. The number of anilines is 1. The Morgan fingerprint density at radius 3 is 2.62 bits per heavy atom. The van der Waals surface area contributed by atoms with Crippen molar-refractivity contribution in [2.45, 2.75) is 0 Å². The molecule has 1 aromatic carbocycles. The Balaban J connectivity index is 2.37. The summed E-state index contributed by atoms with van der Waals surface area (Å²) in [5.41, 5.74) is 5.97. The number of para-hydroxylation sites is 1. The number of hydrogen-bond donors (Lipinski definition) is 4. The molecule has 0 aliphatic heterocycles. The van der Waals surface area contributed by atoms with Gasteiger partial charge in [0.2, 0.25) is 0 Å². The van der Waals surface area contributed by atoms with E-state index in [1.165, 1.54) is 0 Å². The molecule has 0 radical (unpaired) electrons. The Morgan fingerprint density at radius 2 is 2.00 bits per heavy atom. The molecule has 4 N–H and O–H groups in total. The first-order valence-corrected chi connectivity index (χ1v) is 4.19. The van der Waals surface area contributed by atoms with E-state index in [4.69, 9.17) is 17.3 Å². The first-order valence-electron chi connectivity index (χ1n) is 3.78. The Morgan fingerprint density at radius 1 is 1.31 bits per heavy atom. The van der Waals surface area contributed by atoms with Crippen molar-refractivity contribution in [2.75, 3.05) is 12.0 Å². The number of thiocarbonyl (C=S) groups is 1. The van der Waals surface area contributed by atoms with E-state index in [0.29, 0.717) is 5.11 Å². The number of rotatable bonds is 3. The number of hydrogen-bond acceptors (Lipinski definition) is 3. The van der Waals surface area contributed by atoms with Gasteiger partial charge < -0.3 is 10.4 Å². The van der Waals surface area contributed by atoms with Crippen LogP contribution in [0.3, 0.4) is 0 Å². The third kappa shape index (κ3) is 3.84. The van der Waals surface area contributed by atoms with Crippen LogP contribution in [0.4, 0.5) is 5.69 Å². The highest BCUT2D eigenvalue weighted by Crippen LogP contribution is 2.03. The maximum atomic E-state index is 8.42. The van der Waals surface area contributed by atoms with Gasteiger partial charge in [-0.25, -0.2) is 5.43 Å². The highest BCUT2D eigenvalue weighted by atomic mass is 32.1. The lowest BCUT2D eigenvalue weighted by Crippen LogP contribution is -2.40. The van der Waals surface area contributed by atoms with Gasteiger partial charge in [-0.2, -0.15) is 0 Å². The van der Waals surface area contributed by atoms with Crippen LogP contribution in [-0.4, -0.2) is 16.9 Å². The second kappa shape index (κ2) is 5.47. The SMILES string of the molecule is OCNNC(=S)Nc1ccccc1. The zero-order valence-corrected chi connectivity index (χ0v) is 7.77. The van der Waals surface area contributed by atoms with Gasteiger partial charge in [-0.1, -0.05) is 18.2 Å². The summed E-state index contributed by atoms with van der Waals surface area (Å²) in [6.45, 7) is -0.170. The van der Waals surface area contributed by atoms with Crippen LogP contribution in [0.2, 0.25) is 0 Å². The highest BCUT2D eigenvalue weighted by Gasteiger charge is 1.93. The third-order valence-electron chi connectivity index (χ3n) is 1.31. The molecule has 0 amide bonds. The number of benzene rings is 1. The Labute approximate surface area is 81.9 Å². The van der Waals surface area contributed by atoms with E-state index in [2.05, 4.69) is 16.2 Å². The fourth-order valence-electron chi connectivity index (χ4n) is 0.804. The van der Waals surface area contributed by atoms with Crippen molar-refractivity contribution in [2.24, 2.45) is 0 Å². The van der Waals surface area contributed by atoms with Crippen molar-refractivity contribution < 1.29 is 5.11 Å². The third-order valence-corrected chi connectivity index (χ3v) is 1.52. The lowest BCUT2D eigenvalue weighted by Gasteiger charge is -2.09. The first-order chi connectivity index (χ1) is 6.33. The van der Waals surface area contributed by atoms with Crippen molar-refractivity contribution in [3.05, 3.63) is 30.3 Å². The van der Waals surface area contributed by atoms with Gasteiger partial charge in [0.15, 0.2) is 5.11 Å². The van der Waals surface area contributed by atoms with E-state index in [1.54, 1.807) is 0 Å². The van der Waals surface area contributed by atoms with Crippen LogP contribution in [0.15, 0.2) is 30.3 Å². The summed E-state index contributed by atoms with van der Waals surface area (Å²) >= 11 is 4.91. The average Bonchev–Trinajstić information content (AvgIpc) is 2.16. The van der Waals surface area contributed by atoms with Gasteiger partial charge in [-0.15, -0.1) is 0 Å². The zero-order valence-electron chi connectivity index (χ0n) is 6.95. The molecule has 5 heteroatoms. The molecule has 0 aliphatic rings. The van der Waals surface area contributed by atoms with E-state index in [0.717, 1.165) is 5.69 Å². The Bertz CT molecular complexity index is 265. The topological polar surface area (TPSA) is 56.3 Å². The molecule has 0 spiro atoms. The summed E-state index contributed by atoms with van der Waals surface area (Å²) in [6.07, 6.45) is 0. The fourth-order valence-corrected chi connectivity index (χ4v) is 0.994. The Kier molecular flexibility index (Phi) is 4.17. The quantitative estimate of drug-likeness (QED) is 0.321. The standard InChI is InChI=1S/C8H11N3OS/c12-6-9-11-8(13)10-7-4-2-1-3-5-7/h1-5,9,12H,6H2,(H2,10,11,13). The number of aliphatic hydroxyl groups excluding tert-OH is 1. The predicted octanol–water partition coefficient (Wildman–Crippen LogP) is 0.427. The second-order valence-corrected chi connectivity index (χ2v) is 2.69. The van der Waals surface area contributed by atoms with Crippen LogP contribution in [0.5, 0.6) is 0 Å². The molecule has 70 valence electrons. The largest absolute Gasteiger partial charge is 0.380 e. The van der Waals surface area contributed by atoms with Gasteiger partial charge >= 0.3 is 0 Å². The molecule has 13 heavy (non-hydrogen) atoms. The molecule has 1 aromatic rings. The van der Waals surface area contributed by atoms with E-state index >= 15 is 0 Å². The molecular weight excluding hydrogens is 186 g/mol. The minimum Gasteiger partial charge on any atom is -0.380 e. The van der Waals surface area contributed by atoms with Crippen LogP contribution < -0.4 is 16.2 Å². The molecular formula is C8H11N3OS. The van der Waals surface area contributed by atoms with Crippen LogP contribution in [0.25, 0.3) is 0 Å². The molecule has 0 unspecified atom stereocenters. The highest BCUT2D eigenvalue weighted by molar-refractivity contribution is 7.80. The molecule has 0 saturated carbocycles. The van der Waals surface area contributed by atoms with E-state index in [-0.39, 0.29) is 6.73 Å². The van der Waals surface area contributed by atoms with Gasteiger partial charge in [0.25, 0.3) is 0 Å². The average molecular weight is 197 g/mol. The number of aliphatic hydroxyl groups is 1. The van der Waals surface area contributed by atoms with Crippen molar-refractivity contribution in [1.29, 1.82) is 0 Å². The van der Waals surface area contributed by atoms with Gasteiger partial charge in [0, 0.05) is 5.69 Å². The smallest absolute Gasteiger partial charge is 0.185 e. The van der Waals surface area contributed by atoms with Gasteiger partial charge in [0.05, 0.1) is 0 Å². The Hall–Kier alpha value is -1.17. The minimum absolute atomic E-state index is 0.170. The van der Waals surface area contributed by atoms with E-state index in [9.17, 15) is 0 Å². The van der Waals surface area contributed by atoms with Crippen molar-refractivity contribution in [1.82, 2.24) is 10.9 Å². The monoisotopic (exact) mass is 197 g/mol. The molecule has 0 aliphatic carbocycles. The summed E-state index contributed by atoms with van der Waals surface area (Å²) in [5, 5.41) is 11.8.